The summed E-state index contributed by atoms with van der Waals surface area (Å²) >= 11 is 0. The van der Waals surface area contributed by atoms with Crippen molar-refractivity contribution in [2.45, 2.75) is 52.0 Å². The second kappa shape index (κ2) is 9.42. The van der Waals surface area contributed by atoms with E-state index in [1.807, 2.05) is 13.8 Å². The molecule has 0 fully saturated rings. The van der Waals surface area contributed by atoms with Crippen LogP contribution >= 0.6 is 0 Å². The Morgan fingerprint density at radius 1 is 1.24 bits per heavy atom. The quantitative estimate of drug-likeness (QED) is 0.473. The number of unbranched alkanes of at least 4 members (excludes halogenated alkanes) is 2. The lowest BCUT2D eigenvalue weighted by molar-refractivity contribution is -0.148. The highest BCUT2D eigenvalue weighted by Gasteiger charge is 2.32. The Bertz CT molecular complexity index is 209. The van der Waals surface area contributed by atoms with Gasteiger partial charge in [0.1, 0.15) is 5.54 Å². The minimum Gasteiger partial charge on any atom is -0.468 e. The van der Waals surface area contributed by atoms with Gasteiger partial charge in [-0.1, -0.05) is 26.7 Å². The summed E-state index contributed by atoms with van der Waals surface area (Å²) in [5.74, 6) is -0.225. The molecule has 1 atom stereocenters. The fourth-order valence-electron chi connectivity index (χ4n) is 1.71. The molecule has 4 nitrogen and oxygen atoms in total. The SMILES string of the molecule is CCCCCOCCC(C)(NCC)C(=O)OC. The van der Waals surface area contributed by atoms with Crippen LogP contribution in [0, 0.1) is 0 Å². The fourth-order valence-corrected chi connectivity index (χ4v) is 1.71. The van der Waals surface area contributed by atoms with Crippen LogP contribution in [0.15, 0.2) is 0 Å². The number of hydrogen-bond acceptors (Lipinski definition) is 4. The van der Waals surface area contributed by atoms with Gasteiger partial charge in [-0.25, -0.2) is 0 Å². The number of ether oxygens (including phenoxy) is 2. The second-order valence-corrected chi connectivity index (χ2v) is 4.42. The number of likely N-dealkylation sites (N-methyl/N-ethyl adjacent to an activating group) is 1. The minimum atomic E-state index is -0.631. The Kier molecular flexibility index (Phi) is 9.09. The molecule has 17 heavy (non-hydrogen) atoms. The maximum absolute atomic E-state index is 11.6. The highest BCUT2D eigenvalue weighted by atomic mass is 16.5. The van der Waals surface area contributed by atoms with Crippen molar-refractivity contribution in [3.8, 4) is 0 Å². The van der Waals surface area contributed by atoms with Crippen LogP contribution in [0.25, 0.3) is 0 Å². The maximum Gasteiger partial charge on any atom is 0.325 e. The summed E-state index contributed by atoms with van der Waals surface area (Å²) in [4.78, 5) is 11.6. The number of carbonyl (C=O) groups excluding carboxylic acids is 1. The average molecular weight is 245 g/mol. The molecule has 0 saturated heterocycles. The molecule has 102 valence electrons. The van der Waals surface area contributed by atoms with E-state index in [0.29, 0.717) is 13.0 Å². The van der Waals surface area contributed by atoms with Gasteiger partial charge in [0.2, 0.25) is 0 Å². The molecule has 0 heterocycles. The summed E-state index contributed by atoms with van der Waals surface area (Å²) in [5, 5.41) is 3.16. The van der Waals surface area contributed by atoms with Crippen LogP contribution in [0.2, 0.25) is 0 Å². The number of hydrogen-bond donors (Lipinski definition) is 1. The van der Waals surface area contributed by atoms with Crippen LogP contribution in [-0.2, 0) is 14.3 Å². The standard InChI is InChI=1S/C13H27NO3/c1-5-7-8-10-17-11-9-13(3,14-6-2)12(15)16-4/h14H,5-11H2,1-4H3. The van der Waals surface area contributed by atoms with Crippen molar-refractivity contribution in [3.63, 3.8) is 0 Å². The van der Waals surface area contributed by atoms with Crippen LogP contribution in [0.5, 0.6) is 0 Å². The molecular formula is C13H27NO3. The lowest BCUT2D eigenvalue weighted by atomic mass is 9.98. The molecule has 0 aromatic rings. The monoisotopic (exact) mass is 245 g/mol. The molecule has 1 unspecified atom stereocenters. The van der Waals surface area contributed by atoms with Crippen molar-refractivity contribution in [2.75, 3.05) is 26.9 Å². The number of esters is 1. The number of rotatable bonds is 10. The molecule has 0 amide bonds. The third-order valence-electron chi connectivity index (χ3n) is 2.84. The molecule has 0 spiro atoms. The summed E-state index contributed by atoms with van der Waals surface area (Å²) in [6, 6.07) is 0. The van der Waals surface area contributed by atoms with Crippen LogP contribution < -0.4 is 5.32 Å². The molecule has 0 radical (unpaired) electrons. The molecule has 0 bridgehead atoms. The first-order valence-electron chi connectivity index (χ1n) is 6.52. The van der Waals surface area contributed by atoms with E-state index in [1.54, 1.807) is 0 Å². The van der Waals surface area contributed by atoms with Gasteiger partial charge < -0.3 is 14.8 Å². The van der Waals surface area contributed by atoms with E-state index in [2.05, 4.69) is 12.2 Å². The predicted octanol–water partition coefficient (Wildman–Crippen LogP) is 2.12. The van der Waals surface area contributed by atoms with E-state index < -0.39 is 5.54 Å². The van der Waals surface area contributed by atoms with Gasteiger partial charge in [-0.3, -0.25) is 4.79 Å². The van der Waals surface area contributed by atoms with Crippen molar-refractivity contribution >= 4 is 5.97 Å². The topological polar surface area (TPSA) is 47.6 Å². The fraction of sp³-hybridized carbons (Fsp3) is 0.923. The van der Waals surface area contributed by atoms with E-state index >= 15 is 0 Å². The molecule has 4 heteroatoms. The van der Waals surface area contributed by atoms with Crippen LogP contribution in [-0.4, -0.2) is 38.4 Å². The molecular weight excluding hydrogens is 218 g/mol. The Balaban J connectivity index is 3.88. The average Bonchev–Trinajstić information content (AvgIpc) is 2.33. The first-order valence-corrected chi connectivity index (χ1v) is 6.52. The Hall–Kier alpha value is -0.610. The van der Waals surface area contributed by atoms with Gasteiger partial charge in [0, 0.05) is 13.2 Å². The lowest BCUT2D eigenvalue weighted by Gasteiger charge is -2.27. The van der Waals surface area contributed by atoms with Crippen molar-refractivity contribution in [3.05, 3.63) is 0 Å². The van der Waals surface area contributed by atoms with Crippen molar-refractivity contribution in [1.82, 2.24) is 5.32 Å². The molecule has 0 aromatic heterocycles. The van der Waals surface area contributed by atoms with Gasteiger partial charge in [0.05, 0.1) is 7.11 Å². The Labute approximate surface area is 105 Å². The van der Waals surface area contributed by atoms with Crippen molar-refractivity contribution < 1.29 is 14.3 Å². The van der Waals surface area contributed by atoms with Gasteiger partial charge in [0.15, 0.2) is 0 Å². The summed E-state index contributed by atoms with van der Waals surface area (Å²) in [7, 11) is 1.42. The Morgan fingerprint density at radius 2 is 1.94 bits per heavy atom. The van der Waals surface area contributed by atoms with Crippen LogP contribution in [0.4, 0.5) is 0 Å². The first-order chi connectivity index (χ1) is 8.10. The third-order valence-corrected chi connectivity index (χ3v) is 2.84. The highest BCUT2D eigenvalue weighted by molar-refractivity contribution is 5.80. The van der Waals surface area contributed by atoms with E-state index in [-0.39, 0.29) is 5.97 Å². The molecule has 0 saturated carbocycles. The van der Waals surface area contributed by atoms with E-state index in [9.17, 15) is 4.79 Å². The van der Waals surface area contributed by atoms with E-state index in [1.165, 1.54) is 20.0 Å². The lowest BCUT2D eigenvalue weighted by Crippen LogP contribution is -2.50. The van der Waals surface area contributed by atoms with Gasteiger partial charge in [-0.05, 0) is 26.3 Å². The van der Waals surface area contributed by atoms with Crippen molar-refractivity contribution in [2.24, 2.45) is 0 Å². The minimum absolute atomic E-state index is 0.225. The smallest absolute Gasteiger partial charge is 0.325 e. The van der Waals surface area contributed by atoms with Crippen molar-refractivity contribution in [1.29, 1.82) is 0 Å². The summed E-state index contributed by atoms with van der Waals surface area (Å²) in [6.45, 7) is 8.10. The Morgan fingerprint density at radius 3 is 2.47 bits per heavy atom. The van der Waals surface area contributed by atoms with Gasteiger partial charge in [-0.15, -0.1) is 0 Å². The van der Waals surface area contributed by atoms with Gasteiger partial charge in [-0.2, -0.15) is 0 Å². The molecule has 0 aromatic carbocycles. The molecule has 1 N–H and O–H groups in total. The zero-order valence-electron chi connectivity index (χ0n) is 11.7. The normalized spacial score (nSPS) is 14.4. The molecule has 0 aliphatic carbocycles. The first kappa shape index (κ1) is 16.4. The zero-order chi connectivity index (χ0) is 13.1. The van der Waals surface area contributed by atoms with Gasteiger partial charge in [0.25, 0.3) is 0 Å². The molecule has 0 aliphatic heterocycles. The number of nitrogens with one attached hydrogen (secondary N) is 1. The number of carbonyl (C=O) groups is 1. The largest absolute Gasteiger partial charge is 0.468 e. The van der Waals surface area contributed by atoms with Crippen LogP contribution in [0.3, 0.4) is 0 Å². The van der Waals surface area contributed by atoms with Crippen LogP contribution in [0.1, 0.15) is 46.5 Å². The zero-order valence-corrected chi connectivity index (χ0v) is 11.7. The predicted molar refractivity (Wildman–Crippen MR) is 69.1 cm³/mol. The maximum atomic E-state index is 11.6. The summed E-state index contributed by atoms with van der Waals surface area (Å²) < 4.78 is 10.3. The second-order valence-electron chi connectivity index (χ2n) is 4.42. The third kappa shape index (κ3) is 6.64. The molecule has 0 aliphatic rings. The summed E-state index contributed by atoms with van der Waals surface area (Å²) in [5.41, 5.74) is -0.631. The van der Waals surface area contributed by atoms with Gasteiger partial charge >= 0.3 is 5.97 Å². The molecule has 0 rings (SSSR count). The highest BCUT2D eigenvalue weighted by Crippen LogP contribution is 2.12. The number of methoxy groups -OCH3 is 1. The summed E-state index contributed by atoms with van der Waals surface area (Å²) in [6.07, 6.45) is 4.12. The van der Waals surface area contributed by atoms with E-state index in [4.69, 9.17) is 9.47 Å². The van der Waals surface area contributed by atoms with E-state index in [0.717, 1.165) is 19.6 Å².